The van der Waals surface area contributed by atoms with Crippen LogP contribution in [-0.4, -0.2) is 31.8 Å². The summed E-state index contributed by atoms with van der Waals surface area (Å²) < 4.78 is 36.9. The highest BCUT2D eigenvalue weighted by Gasteiger charge is 2.46. The van der Waals surface area contributed by atoms with Gasteiger partial charge in [0.25, 0.3) is 0 Å². The van der Waals surface area contributed by atoms with Crippen molar-refractivity contribution in [1.82, 2.24) is 5.32 Å². The van der Waals surface area contributed by atoms with Crippen LogP contribution in [0.1, 0.15) is 19.3 Å². The van der Waals surface area contributed by atoms with E-state index in [-0.39, 0.29) is 17.8 Å². The number of carbonyl (C=O) groups excluding carboxylic acids is 1. The lowest BCUT2D eigenvalue weighted by atomic mass is 9.98. The monoisotopic (exact) mass is 285 g/mol. The number of halogens is 2. The van der Waals surface area contributed by atoms with Crippen LogP contribution in [-0.2, 0) is 9.53 Å². The van der Waals surface area contributed by atoms with Gasteiger partial charge in [-0.05, 0) is 32.0 Å². The Morgan fingerprint density at radius 3 is 2.85 bits per heavy atom. The Morgan fingerprint density at radius 2 is 2.20 bits per heavy atom. The molecule has 1 N–H and O–H groups in total. The van der Waals surface area contributed by atoms with Crippen molar-refractivity contribution in [3.05, 3.63) is 29.8 Å². The highest BCUT2D eigenvalue weighted by Crippen LogP contribution is 2.34. The summed E-state index contributed by atoms with van der Waals surface area (Å²) >= 11 is 0. The van der Waals surface area contributed by atoms with Crippen LogP contribution >= 0.6 is 0 Å². The molecule has 1 saturated carbocycles. The van der Waals surface area contributed by atoms with Crippen LogP contribution in [0.15, 0.2) is 18.2 Å². The van der Waals surface area contributed by atoms with Gasteiger partial charge in [0, 0.05) is 12.5 Å². The molecule has 4 nitrogen and oxygen atoms in total. The Morgan fingerprint density at radius 1 is 1.45 bits per heavy atom. The third-order valence-electron chi connectivity index (χ3n) is 3.71. The third-order valence-corrected chi connectivity index (χ3v) is 3.71. The number of benzene rings is 1. The molecule has 0 amide bonds. The lowest BCUT2D eigenvalue weighted by Crippen LogP contribution is -2.49. The van der Waals surface area contributed by atoms with E-state index in [0.29, 0.717) is 19.3 Å². The van der Waals surface area contributed by atoms with Crippen molar-refractivity contribution < 1.29 is 23.0 Å². The van der Waals surface area contributed by atoms with E-state index < -0.39 is 17.2 Å². The van der Waals surface area contributed by atoms with Crippen molar-refractivity contribution in [2.24, 2.45) is 0 Å². The first kappa shape index (κ1) is 14.7. The molecule has 1 fully saturated rings. The number of ether oxygens (including phenoxy) is 2. The minimum Gasteiger partial charge on any atom is -0.487 e. The fourth-order valence-electron chi connectivity index (χ4n) is 2.56. The van der Waals surface area contributed by atoms with Gasteiger partial charge in [0.1, 0.15) is 17.5 Å². The zero-order valence-corrected chi connectivity index (χ0v) is 11.4. The van der Waals surface area contributed by atoms with Crippen molar-refractivity contribution in [2.75, 3.05) is 14.2 Å². The number of rotatable bonds is 4. The summed E-state index contributed by atoms with van der Waals surface area (Å²) in [6.07, 6.45) is 1.08. The Balaban J connectivity index is 2.10. The van der Waals surface area contributed by atoms with Crippen LogP contribution < -0.4 is 10.1 Å². The van der Waals surface area contributed by atoms with Crippen molar-refractivity contribution in [1.29, 1.82) is 0 Å². The second-order valence-electron chi connectivity index (χ2n) is 4.88. The number of nitrogens with one attached hydrogen (secondary N) is 1. The molecular formula is C14H17F2NO3. The summed E-state index contributed by atoms with van der Waals surface area (Å²) in [6, 6.07) is 3.06. The van der Waals surface area contributed by atoms with Crippen LogP contribution in [0.3, 0.4) is 0 Å². The molecule has 2 rings (SSSR count). The van der Waals surface area contributed by atoms with Crippen LogP contribution in [0.5, 0.6) is 5.75 Å². The Hall–Kier alpha value is -1.69. The van der Waals surface area contributed by atoms with Crippen LogP contribution in [0.4, 0.5) is 8.78 Å². The number of hydrogen-bond acceptors (Lipinski definition) is 4. The quantitative estimate of drug-likeness (QED) is 0.860. The summed E-state index contributed by atoms with van der Waals surface area (Å²) in [5.41, 5.74) is -0.816. The summed E-state index contributed by atoms with van der Waals surface area (Å²) in [5, 5.41) is 2.95. The normalized spacial score (nSPS) is 25.5. The first-order valence-corrected chi connectivity index (χ1v) is 6.40. The Kier molecular flexibility index (Phi) is 4.23. The average molecular weight is 285 g/mol. The number of hydrogen-bond donors (Lipinski definition) is 1. The lowest BCUT2D eigenvalue weighted by molar-refractivity contribution is -0.148. The third kappa shape index (κ3) is 2.75. The summed E-state index contributed by atoms with van der Waals surface area (Å²) in [7, 11) is 2.99. The predicted molar refractivity (Wildman–Crippen MR) is 68.4 cm³/mol. The van der Waals surface area contributed by atoms with E-state index >= 15 is 0 Å². The maximum Gasteiger partial charge on any atom is 0.326 e. The zero-order valence-electron chi connectivity index (χ0n) is 11.4. The Bertz CT molecular complexity index is 509. The second-order valence-corrected chi connectivity index (χ2v) is 4.88. The molecule has 1 aliphatic rings. The van der Waals surface area contributed by atoms with Gasteiger partial charge in [0.05, 0.1) is 7.11 Å². The SMILES string of the molecule is CNC1(C(=O)OC)CCC(Oc2cc(F)ccc2F)C1. The van der Waals surface area contributed by atoms with Gasteiger partial charge in [-0.25, -0.2) is 8.78 Å². The summed E-state index contributed by atoms with van der Waals surface area (Å²) in [6.45, 7) is 0. The Labute approximate surface area is 116 Å². The standard InChI is InChI=1S/C14H17F2NO3/c1-17-14(13(18)19-2)6-5-10(8-14)20-12-7-9(15)3-4-11(12)16/h3-4,7,10,17H,5-6,8H2,1-2H3. The van der Waals surface area contributed by atoms with Gasteiger partial charge >= 0.3 is 5.97 Å². The van der Waals surface area contributed by atoms with Gasteiger partial charge < -0.3 is 14.8 Å². The van der Waals surface area contributed by atoms with Crippen LogP contribution in [0, 0.1) is 11.6 Å². The van der Waals surface area contributed by atoms with Crippen LogP contribution in [0.25, 0.3) is 0 Å². The van der Waals surface area contributed by atoms with Crippen molar-refractivity contribution in [3.63, 3.8) is 0 Å². The van der Waals surface area contributed by atoms with E-state index in [9.17, 15) is 13.6 Å². The first-order chi connectivity index (χ1) is 9.50. The average Bonchev–Trinajstić information content (AvgIpc) is 2.86. The number of esters is 1. The number of methoxy groups -OCH3 is 1. The van der Waals surface area contributed by atoms with Gasteiger partial charge in [-0.15, -0.1) is 0 Å². The highest BCUT2D eigenvalue weighted by molar-refractivity contribution is 5.81. The second kappa shape index (κ2) is 5.75. The minimum absolute atomic E-state index is 0.133. The van der Waals surface area contributed by atoms with E-state index in [1.807, 2.05) is 0 Å². The van der Waals surface area contributed by atoms with Crippen molar-refractivity contribution >= 4 is 5.97 Å². The molecule has 0 bridgehead atoms. The van der Waals surface area contributed by atoms with E-state index in [1.165, 1.54) is 7.11 Å². The first-order valence-electron chi connectivity index (χ1n) is 6.40. The van der Waals surface area contributed by atoms with E-state index in [1.54, 1.807) is 7.05 Å². The van der Waals surface area contributed by atoms with Gasteiger partial charge in [-0.2, -0.15) is 0 Å². The molecule has 0 radical (unpaired) electrons. The molecule has 2 unspecified atom stereocenters. The highest BCUT2D eigenvalue weighted by atomic mass is 19.1. The molecule has 2 atom stereocenters. The molecule has 20 heavy (non-hydrogen) atoms. The van der Waals surface area contributed by atoms with Gasteiger partial charge in [0.15, 0.2) is 11.6 Å². The topological polar surface area (TPSA) is 47.6 Å². The predicted octanol–water partition coefficient (Wildman–Crippen LogP) is 2.03. The smallest absolute Gasteiger partial charge is 0.326 e. The summed E-state index contributed by atoms with van der Waals surface area (Å²) in [4.78, 5) is 11.8. The molecule has 1 aromatic rings. The maximum atomic E-state index is 13.5. The van der Waals surface area contributed by atoms with Crippen molar-refractivity contribution in [3.8, 4) is 5.75 Å². The van der Waals surface area contributed by atoms with Gasteiger partial charge in [-0.3, -0.25) is 4.79 Å². The molecule has 1 aromatic carbocycles. The molecule has 1 aliphatic carbocycles. The molecule has 0 aliphatic heterocycles. The van der Waals surface area contributed by atoms with Gasteiger partial charge in [0.2, 0.25) is 0 Å². The zero-order chi connectivity index (χ0) is 14.8. The van der Waals surface area contributed by atoms with E-state index in [4.69, 9.17) is 9.47 Å². The molecule has 0 heterocycles. The van der Waals surface area contributed by atoms with E-state index in [2.05, 4.69) is 5.32 Å². The van der Waals surface area contributed by atoms with Gasteiger partial charge in [-0.1, -0.05) is 0 Å². The number of carbonyl (C=O) groups is 1. The van der Waals surface area contributed by atoms with Crippen LogP contribution in [0.2, 0.25) is 0 Å². The maximum absolute atomic E-state index is 13.5. The molecule has 0 spiro atoms. The fraction of sp³-hybridized carbons (Fsp3) is 0.500. The fourth-order valence-corrected chi connectivity index (χ4v) is 2.56. The van der Waals surface area contributed by atoms with Crippen molar-refractivity contribution in [2.45, 2.75) is 30.9 Å². The molecule has 0 aromatic heterocycles. The molecule has 6 heteroatoms. The largest absolute Gasteiger partial charge is 0.487 e. The molecular weight excluding hydrogens is 268 g/mol. The lowest BCUT2D eigenvalue weighted by Gasteiger charge is -2.25. The molecule has 0 saturated heterocycles. The minimum atomic E-state index is -0.816. The van der Waals surface area contributed by atoms with E-state index in [0.717, 1.165) is 18.2 Å². The molecule has 110 valence electrons. The summed E-state index contributed by atoms with van der Waals surface area (Å²) in [5.74, 6) is -1.68. The number of likely N-dealkylation sites (N-methyl/N-ethyl adjacent to an activating group) is 1.